The van der Waals surface area contributed by atoms with E-state index in [0.29, 0.717) is 27.7 Å². The molecule has 0 aliphatic carbocycles. The lowest BCUT2D eigenvalue weighted by Crippen LogP contribution is -2.30. The van der Waals surface area contributed by atoms with E-state index in [2.05, 4.69) is 20.6 Å². The van der Waals surface area contributed by atoms with Crippen LogP contribution in [0.5, 0.6) is 0 Å². The number of fused-ring (bicyclic) bond motifs is 2. The summed E-state index contributed by atoms with van der Waals surface area (Å²) in [7, 11) is 3.51. The number of benzene rings is 1. The Kier molecular flexibility index (Phi) is 4.41. The first-order valence-electron chi connectivity index (χ1n) is 9.71. The van der Waals surface area contributed by atoms with Crippen LogP contribution in [0.4, 0.5) is 16.3 Å². The molecule has 11 heteroatoms. The largest absolute Gasteiger partial charge is 0.465 e. The van der Waals surface area contributed by atoms with Gasteiger partial charge in [0.2, 0.25) is 0 Å². The molecule has 3 aromatic heterocycles. The van der Waals surface area contributed by atoms with Crippen LogP contribution in [0, 0.1) is 6.92 Å². The Labute approximate surface area is 187 Å². The number of carboxylic acid groups (broad SMARTS) is 1. The van der Waals surface area contributed by atoms with E-state index < -0.39 is 12.1 Å². The summed E-state index contributed by atoms with van der Waals surface area (Å²) < 4.78 is 3.31. The van der Waals surface area contributed by atoms with Crippen LogP contribution >= 0.6 is 11.6 Å². The van der Waals surface area contributed by atoms with E-state index in [0.717, 1.165) is 11.1 Å². The number of halogens is 1. The first kappa shape index (κ1) is 20.0. The van der Waals surface area contributed by atoms with Crippen LogP contribution in [0.2, 0.25) is 5.02 Å². The monoisotopic (exact) mass is 451 g/mol. The second-order valence-electron chi connectivity index (χ2n) is 7.66. The number of hydrogen-bond donors (Lipinski definition) is 2. The minimum atomic E-state index is -1.25. The molecule has 5 rings (SSSR count). The number of rotatable bonds is 3. The van der Waals surface area contributed by atoms with Crippen molar-refractivity contribution in [3.63, 3.8) is 0 Å². The van der Waals surface area contributed by atoms with Crippen molar-refractivity contribution in [1.29, 1.82) is 0 Å². The Morgan fingerprint density at radius 3 is 2.62 bits per heavy atom. The Balaban J connectivity index is 1.75. The second-order valence-corrected chi connectivity index (χ2v) is 8.09. The second kappa shape index (κ2) is 7.06. The highest BCUT2D eigenvalue weighted by atomic mass is 35.5. The molecule has 1 unspecified atom stereocenters. The van der Waals surface area contributed by atoms with Gasteiger partial charge >= 0.3 is 6.09 Å². The van der Waals surface area contributed by atoms with Gasteiger partial charge in [0, 0.05) is 25.3 Å². The molecule has 2 N–H and O–H groups in total. The minimum absolute atomic E-state index is 0.224. The molecule has 1 aliphatic heterocycles. The molecule has 4 aromatic rings. The summed E-state index contributed by atoms with van der Waals surface area (Å²) in [6.07, 6.45) is 0.355. The standard InChI is InChI=1S/C21H18ClN7O3/c1-10-8-14(24-19-16(10)25-26-28(19)3)29-17(11-4-6-12(22)7-5-11)18-15(20(29)30)13(9-27(18)2)23-21(31)32/h4-9,17,23H,1-3H3,(H,31,32). The van der Waals surface area contributed by atoms with Gasteiger partial charge in [0.15, 0.2) is 5.65 Å². The first-order valence-corrected chi connectivity index (χ1v) is 10.1. The number of amides is 2. The van der Waals surface area contributed by atoms with Crippen molar-refractivity contribution in [3.05, 3.63) is 63.9 Å². The summed E-state index contributed by atoms with van der Waals surface area (Å²) in [6.45, 7) is 1.88. The first-order chi connectivity index (χ1) is 15.3. The SMILES string of the molecule is Cc1cc(N2C(=O)c3c(NC(=O)O)cn(C)c3C2c2ccc(Cl)cc2)nc2c1nnn2C. The number of nitrogens with zero attached hydrogens (tertiary/aromatic N) is 6. The van der Waals surface area contributed by atoms with Gasteiger partial charge in [-0.3, -0.25) is 15.0 Å². The smallest absolute Gasteiger partial charge is 0.409 e. The Morgan fingerprint density at radius 2 is 1.94 bits per heavy atom. The van der Waals surface area contributed by atoms with Crippen molar-refractivity contribution in [1.82, 2.24) is 24.5 Å². The molecule has 2 amide bonds. The molecular formula is C21H18ClN7O3. The summed E-state index contributed by atoms with van der Waals surface area (Å²) in [5, 5.41) is 20.3. The van der Waals surface area contributed by atoms with Crippen LogP contribution in [0.3, 0.4) is 0 Å². The number of anilines is 2. The number of nitrogens with one attached hydrogen (secondary N) is 1. The van der Waals surface area contributed by atoms with Crippen LogP contribution in [-0.2, 0) is 14.1 Å². The van der Waals surface area contributed by atoms with Gasteiger partial charge in [-0.1, -0.05) is 28.9 Å². The van der Waals surface area contributed by atoms with Crippen molar-refractivity contribution in [2.45, 2.75) is 13.0 Å². The van der Waals surface area contributed by atoms with E-state index in [4.69, 9.17) is 11.6 Å². The average molecular weight is 452 g/mol. The van der Waals surface area contributed by atoms with Crippen LogP contribution in [-0.4, -0.2) is 41.7 Å². The van der Waals surface area contributed by atoms with E-state index >= 15 is 0 Å². The molecule has 0 fully saturated rings. The fourth-order valence-corrected chi connectivity index (χ4v) is 4.34. The van der Waals surface area contributed by atoms with Gasteiger partial charge in [0.05, 0.1) is 16.9 Å². The Bertz CT molecular complexity index is 1410. The number of pyridine rings is 1. The van der Waals surface area contributed by atoms with Crippen LogP contribution in [0.1, 0.15) is 33.2 Å². The number of carbonyl (C=O) groups is 2. The highest BCUT2D eigenvalue weighted by Gasteiger charge is 2.44. The molecule has 4 heterocycles. The molecule has 1 aromatic carbocycles. The maximum absolute atomic E-state index is 13.7. The summed E-state index contributed by atoms with van der Waals surface area (Å²) in [5.41, 5.74) is 4.00. The van der Waals surface area contributed by atoms with Crippen molar-refractivity contribution in [2.75, 3.05) is 10.2 Å². The topological polar surface area (TPSA) is 118 Å². The molecule has 1 atom stereocenters. The highest BCUT2D eigenvalue weighted by Crippen LogP contribution is 2.45. The van der Waals surface area contributed by atoms with Gasteiger partial charge in [0.25, 0.3) is 5.91 Å². The van der Waals surface area contributed by atoms with Crippen molar-refractivity contribution in [3.8, 4) is 0 Å². The van der Waals surface area contributed by atoms with Crippen LogP contribution in [0.15, 0.2) is 36.5 Å². The predicted octanol–water partition coefficient (Wildman–Crippen LogP) is 3.50. The molecule has 32 heavy (non-hydrogen) atoms. The maximum atomic E-state index is 13.7. The molecule has 0 radical (unpaired) electrons. The third kappa shape index (κ3) is 2.91. The van der Waals surface area contributed by atoms with Crippen LogP contribution in [0.25, 0.3) is 11.2 Å². The summed E-state index contributed by atoms with van der Waals surface area (Å²) in [4.78, 5) is 31.3. The molecule has 0 saturated heterocycles. The number of aromatic nitrogens is 5. The minimum Gasteiger partial charge on any atom is -0.465 e. The summed E-state index contributed by atoms with van der Waals surface area (Å²) in [5.74, 6) is 0.0634. The van der Waals surface area contributed by atoms with Crippen molar-refractivity contribution >= 4 is 46.3 Å². The molecular weight excluding hydrogens is 434 g/mol. The van der Waals surface area contributed by atoms with E-state index in [-0.39, 0.29) is 17.2 Å². The zero-order valence-electron chi connectivity index (χ0n) is 17.4. The predicted molar refractivity (Wildman–Crippen MR) is 118 cm³/mol. The fraction of sp³-hybridized carbons (Fsp3) is 0.190. The highest BCUT2D eigenvalue weighted by molar-refractivity contribution is 6.30. The van der Waals surface area contributed by atoms with Gasteiger partial charge in [-0.2, -0.15) is 0 Å². The van der Waals surface area contributed by atoms with Gasteiger partial charge < -0.3 is 9.67 Å². The number of aryl methyl sites for hydroxylation is 3. The fourth-order valence-electron chi connectivity index (χ4n) is 4.21. The van der Waals surface area contributed by atoms with Crippen molar-refractivity contribution in [2.24, 2.45) is 14.1 Å². The molecule has 0 bridgehead atoms. The number of hydrogen-bond acceptors (Lipinski definition) is 5. The zero-order valence-corrected chi connectivity index (χ0v) is 18.1. The van der Waals surface area contributed by atoms with Gasteiger partial charge in [0.1, 0.15) is 17.4 Å². The molecule has 162 valence electrons. The maximum Gasteiger partial charge on any atom is 0.409 e. The van der Waals surface area contributed by atoms with Crippen molar-refractivity contribution < 1.29 is 14.7 Å². The molecule has 0 spiro atoms. The Hall–Kier alpha value is -3.92. The lowest BCUT2D eigenvalue weighted by atomic mass is 10.0. The van der Waals surface area contributed by atoms with E-state index in [1.807, 2.05) is 19.1 Å². The van der Waals surface area contributed by atoms with Gasteiger partial charge in [-0.25, -0.2) is 14.5 Å². The molecule has 0 saturated carbocycles. The molecule has 10 nitrogen and oxygen atoms in total. The lowest BCUT2D eigenvalue weighted by molar-refractivity contribution is 0.0993. The third-order valence-electron chi connectivity index (χ3n) is 5.59. The average Bonchev–Trinajstić information content (AvgIpc) is 3.36. The van der Waals surface area contributed by atoms with E-state index in [9.17, 15) is 14.7 Å². The summed E-state index contributed by atoms with van der Waals surface area (Å²) in [6, 6.07) is 8.45. The third-order valence-corrected chi connectivity index (χ3v) is 5.84. The Morgan fingerprint density at radius 1 is 1.22 bits per heavy atom. The molecule has 1 aliphatic rings. The van der Waals surface area contributed by atoms with Crippen LogP contribution < -0.4 is 10.2 Å². The zero-order chi connectivity index (χ0) is 22.7. The number of carbonyl (C=O) groups excluding carboxylic acids is 1. The van der Waals surface area contributed by atoms with Gasteiger partial charge in [-0.05, 0) is 36.2 Å². The van der Waals surface area contributed by atoms with Gasteiger partial charge in [-0.15, -0.1) is 5.10 Å². The van der Waals surface area contributed by atoms with E-state index in [1.54, 1.807) is 52.6 Å². The summed E-state index contributed by atoms with van der Waals surface area (Å²) >= 11 is 6.09. The normalized spacial score (nSPS) is 15.4. The quantitative estimate of drug-likeness (QED) is 0.492. The lowest BCUT2D eigenvalue weighted by Gasteiger charge is -2.26. The van der Waals surface area contributed by atoms with E-state index in [1.165, 1.54) is 0 Å².